The molecule has 14 heteroatoms. The molecule has 7 rings (SSSR count). The second-order valence-corrected chi connectivity index (χ2v) is 13.0. The van der Waals surface area contributed by atoms with Crippen LogP contribution in [0.1, 0.15) is 63.7 Å². The van der Waals surface area contributed by atoms with Crippen molar-refractivity contribution in [3.63, 3.8) is 0 Å². The Labute approximate surface area is 289 Å². The lowest BCUT2D eigenvalue weighted by atomic mass is 10.0. The highest BCUT2D eigenvalue weighted by atomic mass is 79.9. The minimum Gasteiger partial charge on any atom is -0.491 e. The van der Waals surface area contributed by atoms with Crippen molar-refractivity contribution < 1.29 is 23.1 Å². The largest absolute Gasteiger partial charge is 0.491 e. The van der Waals surface area contributed by atoms with Gasteiger partial charge >= 0.3 is 0 Å². The summed E-state index contributed by atoms with van der Waals surface area (Å²) in [4.78, 5) is 30.6. The van der Waals surface area contributed by atoms with Crippen LogP contribution in [0, 0.1) is 11.6 Å². The molecule has 0 unspecified atom stereocenters. The predicted molar refractivity (Wildman–Crippen MR) is 179 cm³/mol. The first kappa shape index (κ1) is 32.6. The summed E-state index contributed by atoms with van der Waals surface area (Å²) in [5, 5.41) is 17.0. The molecule has 0 radical (unpaired) electrons. The molecule has 4 heterocycles. The van der Waals surface area contributed by atoms with E-state index in [0.717, 1.165) is 21.7 Å². The van der Waals surface area contributed by atoms with Crippen LogP contribution in [0.4, 0.5) is 8.78 Å². The first-order chi connectivity index (χ1) is 23.8. The maximum absolute atomic E-state index is 14.7. The Bertz CT molecular complexity index is 2020. The molecular weight excluding hydrogens is 698 g/mol. The van der Waals surface area contributed by atoms with E-state index in [1.54, 1.807) is 51.9 Å². The summed E-state index contributed by atoms with van der Waals surface area (Å²) in [5.74, 6) is -0.981. The zero-order valence-corrected chi connectivity index (χ0v) is 28.3. The Morgan fingerprint density at radius 3 is 2.39 bits per heavy atom. The number of hydrogen-bond acceptors (Lipinski definition) is 7. The third-order valence-electron chi connectivity index (χ3n) is 8.98. The van der Waals surface area contributed by atoms with Crippen LogP contribution in [0.3, 0.4) is 0 Å². The number of likely N-dealkylation sites (tertiary alicyclic amines) is 1. The lowest BCUT2D eigenvalue weighted by Crippen LogP contribution is -2.40. The van der Waals surface area contributed by atoms with Gasteiger partial charge in [-0.1, -0.05) is 39.3 Å². The Balaban J connectivity index is 0.965. The first-order valence-electron chi connectivity index (χ1n) is 16.2. The summed E-state index contributed by atoms with van der Waals surface area (Å²) in [6.45, 7) is 4.27. The molecule has 3 aromatic carbocycles. The minimum atomic E-state index is -1.06. The highest BCUT2D eigenvalue weighted by molar-refractivity contribution is 9.10. The molecule has 0 atom stereocenters. The first-order valence-corrected chi connectivity index (χ1v) is 17.0. The van der Waals surface area contributed by atoms with E-state index < -0.39 is 11.6 Å². The number of fused-ring (bicyclic) bond motifs is 1. The van der Waals surface area contributed by atoms with Crippen LogP contribution < -0.4 is 4.74 Å². The number of amides is 2. The number of aromatic nitrogens is 6. The molecule has 2 amide bonds. The second kappa shape index (κ2) is 13.9. The average molecular weight is 732 g/mol. The van der Waals surface area contributed by atoms with Gasteiger partial charge in [-0.3, -0.25) is 9.59 Å². The van der Waals surface area contributed by atoms with E-state index in [2.05, 4.69) is 47.1 Å². The molecule has 0 saturated carbocycles. The lowest BCUT2D eigenvalue weighted by Gasteiger charge is -2.32. The molecule has 49 heavy (non-hydrogen) atoms. The van der Waals surface area contributed by atoms with Gasteiger partial charge in [0, 0.05) is 53.8 Å². The molecule has 0 bridgehead atoms. The number of ether oxygens (including phenoxy) is 1. The normalized spacial score (nSPS) is 14.9. The standard InChI is InChI=1S/C35H33BrF2N8O3/c1-2-49-29-10-9-27(32(37)33(29)38)28-20-46(42-39-28)26-11-13-43(14-12-26)34(47)23-6-4-7-24(19-23)35(48)44-15-16-45-30(40-41-31(45)21-44)18-22-5-3-8-25(36)17-22/h3-10,17,19-20,26H,2,11-16,18,21H2,1H3. The third-order valence-corrected chi connectivity index (χ3v) is 9.48. The molecule has 0 aliphatic carbocycles. The lowest BCUT2D eigenvalue weighted by molar-refractivity contribution is 0.0689. The summed E-state index contributed by atoms with van der Waals surface area (Å²) in [5.41, 5.74) is 2.22. The molecule has 11 nitrogen and oxygen atoms in total. The van der Waals surface area contributed by atoms with Gasteiger partial charge in [0.1, 0.15) is 11.5 Å². The molecule has 252 valence electrons. The fourth-order valence-corrected chi connectivity index (χ4v) is 6.86. The van der Waals surface area contributed by atoms with Crippen molar-refractivity contribution in [2.75, 3.05) is 26.2 Å². The van der Waals surface area contributed by atoms with Crippen molar-refractivity contribution >= 4 is 27.7 Å². The number of hydrogen-bond donors (Lipinski definition) is 0. The van der Waals surface area contributed by atoms with E-state index in [-0.39, 0.29) is 41.5 Å². The van der Waals surface area contributed by atoms with Crippen molar-refractivity contribution in [3.8, 4) is 17.0 Å². The van der Waals surface area contributed by atoms with Gasteiger partial charge in [0.2, 0.25) is 5.82 Å². The van der Waals surface area contributed by atoms with Gasteiger partial charge in [-0.2, -0.15) is 4.39 Å². The Morgan fingerprint density at radius 1 is 0.878 bits per heavy atom. The van der Waals surface area contributed by atoms with Crippen molar-refractivity contribution in [3.05, 3.63) is 111 Å². The number of piperidine rings is 1. The van der Waals surface area contributed by atoms with Crippen LogP contribution in [0.5, 0.6) is 5.75 Å². The van der Waals surface area contributed by atoms with E-state index in [0.29, 0.717) is 63.1 Å². The molecule has 2 aliphatic rings. The number of nitrogens with zero attached hydrogens (tertiary/aromatic N) is 8. The van der Waals surface area contributed by atoms with Crippen LogP contribution in [-0.2, 0) is 19.5 Å². The topological polar surface area (TPSA) is 111 Å². The number of carbonyl (C=O) groups excluding carboxylic acids is 2. The highest BCUT2D eigenvalue weighted by Gasteiger charge is 2.29. The van der Waals surface area contributed by atoms with Gasteiger partial charge in [-0.25, -0.2) is 9.07 Å². The average Bonchev–Trinajstić information content (AvgIpc) is 3.77. The van der Waals surface area contributed by atoms with Gasteiger partial charge in [0.05, 0.1) is 25.4 Å². The van der Waals surface area contributed by atoms with Gasteiger partial charge in [-0.05, 0) is 67.8 Å². The predicted octanol–water partition coefficient (Wildman–Crippen LogP) is 5.70. The highest BCUT2D eigenvalue weighted by Crippen LogP contribution is 2.30. The summed E-state index contributed by atoms with van der Waals surface area (Å²) in [7, 11) is 0. The number of benzene rings is 3. The van der Waals surface area contributed by atoms with Crippen molar-refractivity contribution in [2.24, 2.45) is 0 Å². The van der Waals surface area contributed by atoms with Gasteiger partial charge in [0.15, 0.2) is 17.4 Å². The maximum atomic E-state index is 14.7. The van der Waals surface area contributed by atoms with Gasteiger partial charge in [-0.15, -0.1) is 15.3 Å². The Kier molecular flexibility index (Phi) is 9.21. The van der Waals surface area contributed by atoms with Crippen LogP contribution in [0.25, 0.3) is 11.3 Å². The maximum Gasteiger partial charge on any atom is 0.254 e. The summed E-state index contributed by atoms with van der Waals surface area (Å²) in [6, 6.07) is 17.7. The zero-order chi connectivity index (χ0) is 34.1. The molecular formula is C35H33BrF2N8O3. The second-order valence-electron chi connectivity index (χ2n) is 12.1. The van der Waals surface area contributed by atoms with Crippen LogP contribution >= 0.6 is 15.9 Å². The summed E-state index contributed by atoms with van der Waals surface area (Å²) >= 11 is 3.51. The van der Waals surface area contributed by atoms with Crippen molar-refractivity contribution in [1.29, 1.82) is 0 Å². The molecule has 2 aliphatic heterocycles. The number of rotatable bonds is 8. The van der Waals surface area contributed by atoms with Gasteiger partial charge < -0.3 is 19.1 Å². The van der Waals surface area contributed by atoms with Crippen LogP contribution in [0.2, 0.25) is 0 Å². The number of halogens is 3. The van der Waals surface area contributed by atoms with E-state index in [1.165, 1.54) is 12.1 Å². The Hall–Kier alpha value is -4.98. The summed E-state index contributed by atoms with van der Waals surface area (Å²) < 4.78 is 39.0. The SMILES string of the molecule is CCOc1ccc(-c2cn(C3CCN(C(=O)c4cccc(C(=O)N5CCn6c(Cc7cccc(Br)c7)nnc6C5)c4)CC3)nn2)c(F)c1F. The molecule has 1 fully saturated rings. The van der Waals surface area contributed by atoms with E-state index >= 15 is 0 Å². The molecule has 1 saturated heterocycles. The quantitative estimate of drug-likeness (QED) is 0.202. The zero-order valence-electron chi connectivity index (χ0n) is 26.7. The van der Waals surface area contributed by atoms with Crippen molar-refractivity contribution in [2.45, 2.75) is 45.3 Å². The fraction of sp³-hybridized carbons (Fsp3) is 0.314. The van der Waals surface area contributed by atoms with Gasteiger partial charge in [0.25, 0.3) is 11.8 Å². The van der Waals surface area contributed by atoms with Crippen LogP contribution in [0.15, 0.2) is 71.3 Å². The molecule has 2 aromatic heterocycles. The molecule has 0 spiro atoms. The third kappa shape index (κ3) is 6.69. The fourth-order valence-electron chi connectivity index (χ4n) is 6.41. The summed E-state index contributed by atoms with van der Waals surface area (Å²) in [6.07, 6.45) is 3.45. The van der Waals surface area contributed by atoms with E-state index in [4.69, 9.17) is 4.74 Å². The van der Waals surface area contributed by atoms with Crippen molar-refractivity contribution in [1.82, 2.24) is 39.6 Å². The van der Waals surface area contributed by atoms with Crippen LogP contribution in [-0.4, -0.2) is 77.6 Å². The Morgan fingerprint density at radius 2 is 1.63 bits per heavy atom. The molecule has 5 aromatic rings. The monoisotopic (exact) mass is 730 g/mol. The number of carbonyl (C=O) groups is 2. The van der Waals surface area contributed by atoms with E-state index in [9.17, 15) is 18.4 Å². The molecule has 0 N–H and O–H groups in total. The smallest absolute Gasteiger partial charge is 0.254 e. The minimum absolute atomic E-state index is 0.00188. The van der Waals surface area contributed by atoms with E-state index in [1.807, 2.05) is 18.2 Å².